The highest BCUT2D eigenvalue weighted by Gasteiger charge is 2.11. The molecule has 0 spiro atoms. The molecule has 1 N–H and O–H groups in total. The summed E-state index contributed by atoms with van der Waals surface area (Å²) in [6, 6.07) is 18.0. The van der Waals surface area contributed by atoms with Crippen LogP contribution in [-0.2, 0) is 6.54 Å². The molecule has 0 aliphatic rings. The van der Waals surface area contributed by atoms with Crippen molar-refractivity contribution in [3.05, 3.63) is 83.8 Å². The molecule has 0 bridgehead atoms. The molecule has 0 saturated heterocycles. The van der Waals surface area contributed by atoms with Gasteiger partial charge in [0.05, 0.1) is 5.56 Å². The van der Waals surface area contributed by atoms with E-state index in [4.69, 9.17) is 4.52 Å². The highest BCUT2D eigenvalue weighted by atomic mass is 19.1. The summed E-state index contributed by atoms with van der Waals surface area (Å²) in [5.74, 6) is 1.23. The predicted molar refractivity (Wildman–Crippen MR) is 101 cm³/mol. The number of aromatic nitrogens is 3. The van der Waals surface area contributed by atoms with Crippen LogP contribution in [-0.4, -0.2) is 15.1 Å². The molecule has 134 valence electrons. The Bertz CT molecular complexity index is 1030. The first-order valence-corrected chi connectivity index (χ1v) is 8.53. The average Bonchev–Trinajstić information content (AvgIpc) is 3.19. The normalized spacial score (nSPS) is 10.7. The molecular formula is C21H17FN4O. The molecule has 2 aromatic heterocycles. The fourth-order valence-corrected chi connectivity index (χ4v) is 2.58. The van der Waals surface area contributed by atoms with Gasteiger partial charge in [0.1, 0.15) is 11.6 Å². The molecule has 0 fully saturated rings. The van der Waals surface area contributed by atoms with Crippen LogP contribution in [0, 0.1) is 12.7 Å². The molecule has 27 heavy (non-hydrogen) atoms. The van der Waals surface area contributed by atoms with Gasteiger partial charge in [0.2, 0.25) is 5.82 Å². The molecule has 4 aromatic rings. The number of pyridine rings is 1. The largest absolute Gasteiger partial charge is 0.366 e. The van der Waals surface area contributed by atoms with Crippen molar-refractivity contribution in [2.45, 2.75) is 13.5 Å². The number of aryl methyl sites for hydroxylation is 1. The summed E-state index contributed by atoms with van der Waals surface area (Å²) in [5, 5.41) is 7.23. The summed E-state index contributed by atoms with van der Waals surface area (Å²) in [5.41, 5.74) is 3.83. The maximum atomic E-state index is 13.0. The van der Waals surface area contributed by atoms with Gasteiger partial charge < -0.3 is 9.84 Å². The van der Waals surface area contributed by atoms with Gasteiger partial charge in [-0.25, -0.2) is 9.37 Å². The van der Waals surface area contributed by atoms with Crippen molar-refractivity contribution in [1.29, 1.82) is 0 Å². The molecule has 2 heterocycles. The quantitative estimate of drug-likeness (QED) is 0.551. The van der Waals surface area contributed by atoms with E-state index in [1.807, 2.05) is 12.1 Å². The smallest absolute Gasteiger partial charge is 0.259 e. The van der Waals surface area contributed by atoms with Gasteiger partial charge in [-0.2, -0.15) is 4.98 Å². The molecule has 2 aromatic carbocycles. The SMILES string of the molecule is Cc1ccc(CNc2ccc(-c3nc(-c4ccc(F)cc4)no3)cn2)cc1. The Balaban J connectivity index is 1.44. The number of nitrogens with one attached hydrogen (secondary N) is 1. The molecule has 4 rings (SSSR count). The maximum absolute atomic E-state index is 13.0. The molecule has 0 amide bonds. The molecule has 0 aliphatic heterocycles. The second kappa shape index (κ2) is 7.37. The minimum atomic E-state index is -0.305. The van der Waals surface area contributed by atoms with Crippen LogP contribution in [0.25, 0.3) is 22.8 Å². The van der Waals surface area contributed by atoms with E-state index in [1.165, 1.54) is 23.3 Å². The van der Waals surface area contributed by atoms with Gasteiger partial charge in [0.15, 0.2) is 0 Å². The topological polar surface area (TPSA) is 63.8 Å². The number of benzene rings is 2. The van der Waals surface area contributed by atoms with E-state index in [0.717, 1.165) is 11.4 Å². The van der Waals surface area contributed by atoms with E-state index in [0.29, 0.717) is 23.8 Å². The lowest BCUT2D eigenvalue weighted by Gasteiger charge is -2.06. The molecule has 6 heteroatoms. The fraction of sp³-hybridized carbons (Fsp3) is 0.0952. The monoisotopic (exact) mass is 360 g/mol. The van der Waals surface area contributed by atoms with Crippen molar-refractivity contribution in [2.75, 3.05) is 5.32 Å². The maximum Gasteiger partial charge on any atom is 0.259 e. The second-order valence-electron chi connectivity index (χ2n) is 6.20. The second-order valence-corrected chi connectivity index (χ2v) is 6.20. The molecular weight excluding hydrogens is 343 g/mol. The first kappa shape index (κ1) is 16.9. The van der Waals surface area contributed by atoms with Gasteiger partial charge >= 0.3 is 0 Å². The zero-order valence-corrected chi connectivity index (χ0v) is 14.7. The van der Waals surface area contributed by atoms with Crippen LogP contribution >= 0.6 is 0 Å². The van der Waals surface area contributed by atoms with Crippen molar-refractivity contribution in [2.24, 2.45) is 0 Å². The van der Waals surface area contributed by atoms with Gasteiger partial charge in [-0.1, -0.05) is 35.0 Å². The lowest BCUT2D eigenvalue weighted by Crippen LogP contribution is -2.01. The third kappa shape index (κ3) is 4.00. The molecule has 0 unspecified atom stereocenters. The fourth-order valence-electron chi connectivity index (χ4n) is 2.58. The van der Waals surface area contributed by atoms with Crippen molar-refractivity contribution in [3.63, 3.8) is 0 Å². The first-order valence-electron chi connectivity index (χ1n) is 8.53. The van der Waals surface area contributed by atoms with Gasteiger partial charge in [0.25, 0.3) is 5.89 Å². The molecule has 0 saturated carbocycles. The van der Waals surface area contributed by atoms with Crippen LogP contribution < -0.4 is 5.32 Å². The van der Waals surface area contributed by atoms with E-state index >= 15 is 0 Å². The van der Waals surface area contributed by atoms with Crippen LogP contribution in [0.1, 0.15) is 11.1 Å². The van der Waals surface area contributed by atoms with Crippen molar-refractivity contribution in [3.8, 4) is 22.8 Å². The van der Waals surface area contributed by atoms with E-state index in [9.17, 15) is 4.39 Å². The number of hydrogen-bond acceptors (Lipinski definition) is 5. The Morgan fingerprint density at radius 1 is 0.926 bits per heavy atom. The van der Waals surface area contributed by atoms with Crippen LogP contribution in [0.2, 0.25) is 0 Å². The van der Waals surface area contributed by atoms with Crippen molar-refractivity contribution < 1.29 is 8.91 Å². The third-order valence-corrected chi connectivity index (χ3v) is 4.13. The summed E-state index contributed by atoms with van der Waals surface area (Å²) < 4.78 is 18.3. The number of rotatable bonds is 5. The van der Waals surface area contributed by atoms with Crippen molar-refractivity contribution in [1.82, 2.24) is 15.1 Å². The van der Waals surface area contributed by atoms with Crippen LogP contribution in [0.5, 0.6) is 0 Å². The van der Waals surface area contributed by atoms with E-state index in [2.05, 4.69) is 51.6 Å². The zero-order chi connectivity index (χ0) is 18.6. The van der Waals surface area contributed by atoms with E-state index in [-0.39, 0.29) is 5.82 Å². The Labute approximate surface area is 155 Å². The predicted octanol–water partition coefficient (Wildman–Crippen LogP) is 4.86. The number of nitrogens with zero attached hydrogens (tertiary/aromatic N) is 3. The summed E-state index contributed by atoms with van der Waals surface area (Å²) >= 11 is 0. The summed E-state index contributed by atoms with van der Waals surface area (Å²) in [6.45, 7) is 2.76. The molecule has 0 radical (unpaired) electrons. The Kier molecular flexibility index (Phi) is 4.61. The Hall–Kier alpha value is -3.54. The first-order chi connectivity index (χ1) is 13.2. The van der Waals surface area contributed by atoms with Crippen LogP contribution in [0.4, 0.5) is 10.2 Å². The summed E-state index contributed by atoms with van der Waals surface area (Å²) in [7, 11) is 0. The summed E-state index contributed by atoms with van der Waals surface area (Å²) in [4.78, 5) is 8.74. The number of hydrogen-bond donors (Lipinski definition) is 1. The number of halogens is 1. The highest BCUT2D eigenvalue weighted by Crippen LogP contribution is 2.22. The van der Waals surface area contributed by atoms with E-state index in [1.54, 1.807) is 18.3 Å². The molecule has 0 atom stereocenters. The van der Waals surface area contributed by atoms with Gasteiger partial charge in [-0.05, 0) is 48.9 Å². The minimum Gasteiger partial charge on any atom is -0.366 e. The third-order valence-electron chi connectivity index (χ3n) is 4.13. The molecule has 5 nitrogen and oxygen atoms in total. The molecule has 0 aliphatic carbocycles. The van der Waals surface area contributed by atoms with Crippen LogP contribution in [0.3, 0.4) is 0 Å². The van der Waals surface area contributed by atoms with Gasteiger partial charge in [0, 0.05) is 18.3 Å². The van der Waals surface area contributed by atoms with Gasteiger partial charge in [-0.3, -0.25) is 0 Å². The van der Waals surface area contributed by atoms with Crippen molar-refractivity contribution >= 4 is 5.82 Å². The zero-order valence-electron chi connectivity index (χ0n) is 14.7. The van der Waals surface area contributed by atoms with Crippen LogP contribution in [0.15, 0.2) is 71.4 Å². The lowest BCUT2D eigenvalue weighted by atomic mass is 10.1. The standard InChI is InChI=1S/C21H17FN4O/c1-14-2-4-15(5-3-14)12-23-19-11-8-17(13-24-19)21-25-20(26-27-21)16-6-9-18(22)10-7-16/h2-11,13H,12H2,1H3,(H,23,24). The average molecular weight is 360 g/mol. The Morgan fingerprint density at radius 3 is 2.37 bits per heavy atom. The summed E-state index contributed by atoms with van der Waals surface area (Å²) in [6.07, 6.45) is 1.68. The Morgan fingerprint density at radius 2 is 1.67 bits per heavy atom. The van der Waals surface area contributed by atoms with E-state index < -0.39 is 0 Å². The highest BCUT2D eigenvalue weighted by molar-refractivity contribution is 5.60. The minimum absolute atomic E-state index is 0.305. The van der Waals surface area contributed by atoms with Gasteiger partial charge in [-0.15, -0.1) is 0 Å². The lowest BCUT2D eigenvalue weighted by molar-refractivity contribution is 0.432. The number of anilines is 1.